The predicted octanol–water partition coefficient (Wildman–Crippen LogP) is 4.22. The highest BCUT2D eigenvalue weighted by molar-refractivity contribution is 7.98. The summed E-state index contributed by atoms with van der Waals surface area (Å²) in [6, 6.07) is 13.5. The summed E-state index contributed by atoms with van der Waals surface area (Å²) in [5.41, 5.74) is 4.76. The second kappa shape index (κ2) is 8.17. The Morgan fingerprint density at radius 2 is 1.93 bits per heavy atom. The average molecular weight is 406 g/mol. The van der Waals surface area contributed by atoms with Crippen molar-refractivity contribution >= 4 is 29.1 Å². The van der Waals surface area contributed by atoms with Crippen molar-refractivity contribution in [2.75, 3.05) is 0 Å². The maximum atomic E-state index is 12.0. The fourth-order valence-electron chi connectivity index (χ4n) is 3.56. The van der Waals surface area contributed by atoms with Crippen LogP contribution in [0.25, 0.3) is 10.6 Å². The molecule has 0 unspecified atom stereocenters. The SMILES string of the molecule is N#Cc1ccc(CSc2nc(-c3cccs3)c3c(c2C(=O)[O-])CCCC3)cc1. The number of hydrogen-bond donors (Lipinski definition) is 0. The molecule has 4 rings (SSSR count). The van der Waals surface area contributed by atoms with Crippen LogP contribution < -0.4 is 5.11 Å². The first-order chi connectivity index (χ1) is 13.7. The van der Waals surface area contributed by atoms with Crippen molar-refractivity contribution in [1.29, 1.82) is 5.26 Å². The number of carbonyl (C=O) groups is 1. The first-order valence-corrected chi connectivity index (χ1v) is 11.0. The molecule has 28 heavy (non-hydrogen) atoms. The maximum absolute atomic E-state index is 12.0. The number of thiophene rings is 1. The van der Waals surface area contributed by atoms with Gasteiger partial charge in [0.2, 0.25) is 0 Å². The van der Waals surface area contributed by atoms with Crippen LogP contribution in [0.15, 0.2) is 46.8 Å². The van der Waals surface area contributed by atoms with Gasteiger partial charge in [0.1, 0.15) is 5.03 Å². The summed E-state index contributed by atoms with van der Waals surface area (Å²) in [5.74, 6) is -0.563. The van der Waals surface area contributed by atoms with E-state index in [2.05, 4.69) is 6.07 Å². The lowest BCUT2D eigenvalue weighted by Gasteiger charge is -2.24. The van der Waals surface area contributed by atoms with Crippen molar-refractivity contribution in [3.8, 4) is 16.6 Å². The standard InChI is InChI=1S/C22H18N2O2S2/c23-12-14-7-9-15(10-8-14)13-28-21-19(22(25)26)16-4-1-2-5-17(16)20(24-21)18-6-3-11-27-18/h3,6-11H,1-2,4-5,13H2,(H,25,26)/p-1. The largest absolute Gasteiger partial charge is 0.545 e. The van der Waals surface area contributed by atoms with Crippen LogP contribution in [-0.2, 0) is 18.6 Å². The van der Waals surface area contributed by atoms with Gasteiger partial charge >= 0.3 is 0 Å². The Hall–Kier alpha value is -2.62. The van der Waals surface area contributed by atoms with E-state index in [1.165, 1.54) is 11.8 Å². The first-order valence-electron chi connectivity index (χ1n) is 9.10. The van der Waals surface area contributed by atoms with Crippen LogP contribution >= 0.6 is 23.1 Å². The third-order valence-electron chi connectivity index (χ3n) is 4.90. The number of rotatable bonds is 5. The zero-order valence-corrected chi connectivity index (χ0v) is 16.7. The van der Waals surface area contributed by atoms with Crippen molar-refractivity contribution in [1.82, 2.24) is 4.98 Å². The zero-order valence-electron chi connectivity index (χ0n) is 15.1. The molecular weight excluding hydrogens is 388 g/mol. The molecule has 3 aromatic rings. The van der Waals surface area contributed by atoms with E-state index in [0.29, 0.717) is 16.3 Å². The van der Waals surface area contributed by atoms with E-state index >= 15 is 0 Å². The Morgan fingerprint density at radius 3 is 2.57 bits per heavy atom. The number of aromatic nitrogens is 1. The normalized spacial score (nSPS) is 13.0. The van der Waals surface area contributed by atoms with Crippen LogP contribution in [-0.4, -0.2) is 11.0 Å². The molecule has 2 aromatic heterocycles. The minimum atomic E-state index is -1.15. The molecule has 0 radical (unpaired) electrons. The molecule has 140 valence electrons. The smallest absolute Gasteiger partial charge is 0.106 e. The topological polar surface area (TPSA) is 76.8 Å². The van der Waals surface area contributed by atoms with Gasteiger partial charge in [-0.15, -0.1) is 23.1 Å². The molecule has 1 aliphatic carbocycles. The lowest BCUT2D eigenvalue weighted by atomic mass is 9.87. The van der Waals surface area contributed by atoms with Crippen LogP contribution in [0.2, 0.25) is 0 Å². The molecule has 6 heteroatoms. The van der Waals surface area contributed by atoms with Gasteiger partial charge in [0.05, 0.1) is 28.2 Å². The lowest BCUT2D eigenvalue weighted by Crippen LogP contribution is -2.27. The highest BCUT2D eigenvalue weighted by Crippen LogP contribution is 2.38. The van der Waals surface area contributed by atoms with Crippen molar-refractivity contribution in [3.05, 3.63) is 69.6 Å². The Kier molecular flexibility index (Phi) is 5.47. The molecule has 0 saturated carbocycles. The molecule has 0 amide bonds. The van der Waals surface area contributed by atoms with E-state index < -0.39 is 5.97 Å². The van der Waals surface area contributed by atoms with E-state index in [-0.39, 0.29) is 5.56 Å². The molecule has 1 aliphatic rings. The number of hydrogen-bond acceptors (Lipinski definition) is 6. The van der Waals surface area contributed by atoms with E-state index in [4.69, 9.17) is 10.2 Å². The summed E-state index contributed by atoms with van der Waals surface area (Å²) in [7, 11) is 0. The van der Waals surface area contributed by atoms with Gasteiger partial charge in [0.15, 0.2) is 0 Å². The number of carboxylic acid groups (broad SMARTS) is 1. The molecule has 0 bridgehead atoms. The fraction of sp³-hybridized carbons (Fsp3) is 0.227. The van der Waals surface area contributed by atoms with Crippen LogP contribution in [0.1, 0.15) is 45.5 Å². The van der Waals surface area contributed by atoms with Gasteiger partial charge in [-0.05, 0) is 66.0 Å². The molecule has 0 aliphatic heterocycles. The number of nitrogens with zero attached hydrogens (tertiary/aromatic N) is 2. The molecule has 0 N–H and O–H groups in total. The summed E-state index contributed by atoms with van der Waals surface area (Å²) < 4.78 is 0. The lowest BCUT2D eigenvalue weighted by molar-refractivity contribution is -0.255. The van der Waals surface area contributed by atoms with Crippen molar-refractivity contribution in [3.63, 3.8) is 0 Å². The summed E-state index contributed by atoms with van der Waals surface area (Å²) in [5, 5.41) is 23.5. The number of fused-ring (bicyclic) bond motifs is 1. The second-order valence-corrected chi connectivity index (χ2v) is 8.58. The fourth-order valence-corrected chi connectivity index (χ4v) is 5.30. The third-order valence-corrected chi connectivity index (χ3v) is 6.82. The quantitative estimate of drug-likeness (QED) is 0.594. The predicted molar refractivity (Wildman–Crippen MR) is 109 cm³/mol. The minimum Gasteiger partial charge on any atom is -0.545 e. The molecule has 0 saturated heterocycles. The van der Waals surface area contributed by atoms with Gasteiger partial charge < -0.3 is 9.90 Å². The molecule has 0 spiro atoms. The monoisotopic (exact) mass is 405 g/mol. The highest BCUT2D eigenvalue weighted by atomic mass is 32.2. The van der Waals surface area contributed by atoms with Crippen molar-refractivity contribution < 1.29 is 9.90 Å². The molecular formula is C22H17N2O2S2-. The number of benzene rings is 1. The first kappa shape index (κ1) is 18.7. The van der Waals surface area contributed by atoms with Crippen LogP contribution in [0.3, 0.4) is 0 Å². The number of carbonyl (C=O) groups excluding carboxylic acids is 1. The van der Waals surface area contributed by atoms with Gasteiger partial charge in [0.25, 0.3) is 0 Å². The number of thioether (sulfide) groups is 1. The minimum absolute atomic E-state index is 0.258. The number of nitriles is 1. The average Bonchev–Trinajstić information content (AvgIpc) is 3.26. The van der Waals surface area contributed by atoms with E-state index in [9.17, 15) is 9.90 Å². The van der Waals surface area contributed by atoms with Gasteiger partial charge in [-0.25, -0.2) is 4.98 Å². The molecule has 0 fully saturated rings. The Morgan fingerprint density at radius 1 is 1.18 bits per heavy atom. The van der Waals surface area contributed by atoms with Crippen molar-refractivity contribution in [2.24, 2.45) is 0 Å². The number of aromatic carboxylic acids is 1. The summed E-state index contributed by atoms with van der Waals surface area (Å²) in [6.45, 7) is 0. The van der Waals surface area contributed by atoms with E-state index in [1.807, 2.05) is 29.6 Å². The summed E-state index contributed by atoms with van der Waals surface area (Å²) >= 11 is 3.04. The number of pyridine rings is 1. The molecule has 4 nitrogen and oxygen atoms in total. The van der Waals surface area contributed by atoms with Crippen LogP contribution in [0.4, 0.5) is 0 Å². The number of carboxylic acids is 1. The highest BCUT2D eigenvalue weighted by Gasteiger charge is 2.24. The van der Waals surface area contributed by atoms with Gasteiger partial charge in [0, 0.05) is 11.3 Å². The molecule has 1 aromatic carbocycles. The van der Waals surface area contributed by atoms with Gasteiger partial charge in [-0.2, -0.15) is 5.26 Å². The van der Waals surface area contributed by atoms with Gasteiger partial charge in [-0.3, -0.25) is 0 Å². The second-order valence-electron chi connectivity index (χ2n) is 6.67. The third kappa shape index (κ3) is 3.68. The van der Waals surface area contributed by atoms with Gasteiger partial charge in [-0.1, -0.05) is 18.2 Å². The van der Waals surface area contributed by atoms with Crippen LogP contribution in [0, 0.1) is 11.3 Å². The van der Waals surface area contributed by atoms with E-state index in [1.54, 1.807) is 23.5 Å². The Balaban J connectivity index is 1.75. The maximum Gasteiger partial charge on any atom is 0.106 e. The van der Waals surface area contributed by atoms with E-state index in [0.717, 1.165) is 52.9 Å². The zero-order chi connectivity index (χ0) is 19.5. The summed E-state index contributed by atoms with van der Waals surface area (Å²) in [6.07, 6.45) is 3.65. The van der Waals surface area contributed by atoms with Crippen molar-refractivity contribution in [2.45, 2.75) is 36.5 Å². The molecule has 2 heterocycles. The van der Waals surface area contributed by atoms with Crippen LogP contribution in [0.5, 0.6) is 0 Å². The molecule has 0 atom stereocenters. The summed E-state index contributed by atoms with van der Waals surface area (Å²) in [4.78, 5) is 17.9. The Bertz CT molecular complexity index is 1050. The Labute approximate surface area is 171 Å².